The van der Waals surface area contributed by atoms with Crippen LogP contribution in [0.3, 0.4) is 0 Å². The molecular formula is C39H81N5P2Si. The lowest BCUT2D eigenvalue weighted by atomic mass is 10.3. The van der Waals surface area contributed by atoms with E-state index in [0.717, 1.165) is 0 Å². The van der Waals surface area contributed by atoms with Crippen molar-refractivity contribution in [3.63, 3.8) is 0 Å². The van der Waals surface area contributed by atoms with Gasteiger partial charge in [0.05, 0.1) is 8.22 Å². The first kappa shape index (κ1) is 45.0. The van der Waals surface area contributed by atoms with Gasteiger partial charge in [-0.3, -0.25) is 9.34 Å². The van der Waals surface area contributed by atoms with Gasteiger partial charge >= 0.3 is 0 Å². The molecule has 276 valence electrons. The van der Waals surface area contributed by atoms with Gasteiger partial charge in [0.15, 0.2) is 8.24 Å². The molecule has 0 fully saturated rings. The Bertz CT molecular complexity index is 929. The standard InChI is InChI=1S/C39H81N5P2Si/c1-27(2)40(28(3)4)45(41(29(5)6)30(7)8)39-25-23-38(24-26-39)44(47(35(17)18,36(19)20)37(21)22)46(42(31(9)10)32(11)12)43(33(13)14)34(15)16/h23-37H,1-22H3. The fraction of sp³-hybridized carbons (Fsp3) is 0.846. The summed E-state index contributed by atoms with van der Waals surface area (Å²) in [5.41, 5.74) is 3.22. The van der Waals surface area contributed by atoms with E-state index in [-0.39, 0.29) is 0 Å². The second-order valence-corrected chi connectivity index (χ2v) is 26.9. The molecule has 0 aromatic heterocycles. The van der Waals surface area contributed by atoms with E-state index >= 15 is 0 Å². The van der Waals surface area contributed by atoms with Crippen molar-refractivity contribution < 1.29 is 0 Å². The molecule has 1 rings (SSSR count). The lowest BCUT2D eigenvalue weighted by molar-refractivity contribution is 0.256. The molecule has 0 saturated heterocycles. The minimum Gasteiger partial charge on any atom is -0.353 e. The lowest BCUT2D eigenvalue weighted by Gasteiger charge is -2.61. The fourth-order valence-corrected chi connectivity index (χ4v) is 24.3. The van der Waals surface area contributed by atoms with Crippen molar-refractivity contribution in [1.29, 1.82) is 0 Å². The molecule has 0 aliphatic heterocycles. The SMILES string of the molecule is CC(C)N(C(C)C)P(c1ccc(N(P(N(C(C)C)C(C)C)N(C(C)C)C(C)C)[Si](C(C)C)(C(C)C)C(C)C)cc1)N(C(C)C)C(C)C. The van der Waals surface area contributed by atoms with Crippen molar-refractivity contribution in [1.82, 2.24) is 18.7 Å². The maximum absolute atomic E-state index is 3.11. The fourth-order valence-electron chi connectivity index (χ4n) is 8.74. The first-order chi connectivity index (χ1) is 21.5. The summed E-state index contributed by atoms with van der Waals surface area (Å²) in [6, 6.07) is 13.7. The molecule has 0 bridgehead atoms. The molecule has 5 nitrogen and oxygen atoms in total. The first-order valence-electron chi connectivity index (χ1n) is 19.1. The van der Waals surface area contributed by atoms with Gasteiger partial charge in [0.2, 0.25) is 0 Å². The molecule has 0 atom stereocenters. The van der Waals surface area contributed by atoms with Crippen LogP contribution in [0.2, 0.25) is 16.6 Å². The maximum Gasteiger partial charge on any atom is 0.171 e. The summed E-state index contributed by atoms with van der Waals surface area (Å²) in [6.07, 6.45) is 0. The van der Waals surface area contributed by atoms with Crippen molar-refractivity contribution in [3.05, 3.63) is 24.3 Å². The van der Waals surface area contributed by atoms with Gasteiger partial charge in [-0.05, 0) is 152 Å². The minimum atomic E-state index is -2.17. The third kappa shape index (κ3) is 10.0. The number of nitrogens with zero attached hydrogens (tertiary/aromatic N) is 5. The van der Waals surface area contributed by atoms with E-state index in [1.807, 2.05) is 0 Å². The molecule has 0 aliphatic rings. The second-order valence-electron chi connectivity index (χ2n) is 17.0. The highest BCUT2D eigenvalue weighted by Gasteiger charge is 2.54. The van der Waals surface area contributed by atoms with E-state index in [2.05, 4.69) is 200 Å². The van der Waals surface area contributed by atoms with E-state index in [4.69, 9.17) is 0 Å². The summed E-state index contributed by atoms with van der Waals surface area (Å²) in [5, 5.41) is 1.47. The van der Waals surface area contributed by atoms with Crippen LogP contribution in [0, 0.1) is 0 Å². The molecule has 0 amide bonds. The van der Waals surface area contributed by atoms with Crippen LogP contribution in [0.25, 0.3) is 0 Å². The lowest BCUT2D eigenvalue weighted by Crippen LogP contribution is -2.62. The smallest absolute Gasteiger partial charge is 0.171 e. The molecule has 0 heterocycles. The molecule has 1 aromatic carbocycles. The van der Waals surface area contributed by atoms with Crippen LogP contribution in [-0.4, -0.2) is 75.3 Å². The van der Waals surface area contributed by atoms with E-state index in [0.29, 0.717) is 65.0 Å². The Labute approximate surface area is 299 Å². The Morgan fingerprint density at radius 3 is 0.851 bits per heavy atom. The number of anilines is 1. The van der Waals surface area contributed by atoms with Gasteiger partial charge in [0.25, 0.3) is 0 Å². The minimum absolute atomic E-state index is 0.435. The van der Waals surface area contributed by atoms with Gasteiger partial charge in [-0.2, -0.15) is 0 Å². The Kier molecular flexibility index (Phi) is 18.1. The highest BCUT2D eigenvalue weighted by atomic mass is 31.2. The van der Waals surface area contributed by atoms with Crippen LogP contribution in [0.5, 0.6) is 0 Å². The van der Waals surface area contributed by atoms with E-state index < -0.39 is 24.8 Å². The zero-order valence-electron chi connectivity index (χ0n) is 35.3. The van der Waals surface area contributed by atoms with Crippen molar-refractivity contribution in [3.8, 4) is 0 Å². The van der Waals surface area contributed by atoms with Gasteiger partial charge in [-0.1, -0.05) is 41.5 Å². The maximum atomic E-state index is 3.11. The Morgan fingerprint density at radius 2 is 0.638 bits per heavy atom. The number of hydrogen-bond acceptors (Lipinski definition) is 5. The van der Waals surface area contributed by atoms with Crippen LogP contribution in [0.15, 0.2) is 24.3 Å². The first-order valence-corrected chi connectivity index (χ1v) is 23.8. The zero-order chi connectivity index (χ0) is 36.9. The predicted octanol–water partition coefficient (Wildman–Crippen LogP) is 12.3. The van der Waals surface area contributed by atoms with Gasteiger partial charge in [0, 0.05) is 59.3 Å². The Hall–Kier alpha value is -0.0631. The summed E-state index contributed by atoms with van der Waals surface area (Å²) in [4.78, 5) is 0. The van der Waals surface area contributed by atoms with Crippen molar-refractivity contribution in [2.45, 2.75) is 217 Å². The number of hydrogen-bond donors (Lipinski definition) is 0. The predicted molar refractivity (Wildman–Crippen MR) is 222 cm³/mol. The van der Waals surface area contributed by atoms with Crippen LogP contribution in [0.4, 0.5) is 5.69 Å². The second kappa shape index (κ2) is 19.0. The van der Waals surface area contributed by atoms with Crippen molar-refractivity contribution >= 4 is 35.8 Å². The van der Waals surface area contributed by atoms with Crippen LogP contribution in [0.1, 0.15) is 152 Å². The van der Waals surface area contributed by atoms with Gasteiger partial charge in [-0.25, -0.2) is 9.34 Å². The topological polar surface area (TPSA) is 16.2 Å². The van der Waals surface area contributed by atoms with E-state index in [1.165, 1.54) is 11.0 Å². The summed E-state index contributed by atoms with van der Waals surface area (Å²) >= 11 is 0. The average Bonchev–Trinajstić information content (AvgIpc) is 2.88. The van der Waals surface area contributed by atoms with Gasteiger partial charge < -0.3 is 4.34 Å². The molecule has 1 aromatic rings. The van der Waals surface area contributed by atoms with Crippen LogP contribution < -0.4 is 9.64 Å². The Balaban J connectivity index is 4.40. The van der Waals surface area contributed by atoms with Crippen LogP contribution in [-0.2, 0) is 0 Å². The highest BCUT2D eigenvalue weighted by molar-refractivity contribution is 7.61. The highest BCUT2D eigenvalue weighted by Crippen LogP contribution is 2.62. The number of benzene rings is 1. The summed E-state index contributed by atoms with van der Waals surface area (Å²) in [7, 11) is -3.66. The molecule has 8 heteroatoms. The average molecular weight is 710 g/mol. The van der Waals surface area contributed by atoms with E-state index in [9.17, 15) is 0 Å². The molecule has 0 radical (unpaired) electrons. The molecule has 0 N–H and O–H groups in total. The molecule has 0 saturated carbocycles. The summed E-state index contributed by atoms with van der Waals surface area (Å²) < 4.78 is 14.4. The molecule has 0 aliphatic carbocycles. The summed E-state index contributed by atoms with van der Waals surface area (Å²) in [6.45, 7) is 53.6. The molecule has 0 unspecified atom stereocenters. The van der Waals surface area contributed by atoms with Crippen molar-refractivity contribution in [2.75, 3.05) is 4.34 Å². The quantitative estimate of drug-likeness (QED) is 0.105. The molecule has 0 spiro atoms. The monoisotopic (exact) mass is 710 g/mol. The zero-order valence-corrected chi connectivity index (χ0v) is 38.1. The van der Waals surface area contributed by atoms with E-state index in [1.54, 1.807) is 0 Å². The van der Waals surface area contributed by atoms with Gasteiger partial charge in [-0.15, -0.1) is 0 Å². The van der Waals surface area contributed by atoms with Gasteiger partial charge in [0.1, 0.15) is 8.37 Å². The van der Waals surface area contributed by atoms with Crippen molar-refractivity contribution in [2.24, 2.45) is 0 Å². The molecular weight excluding hydrogens is 628 g/mol. The number of rotatable bonds is 19. The summed E-state index contributed by atoms with van der Waals surface area (Å²) in [5.74, 6) is 0. The normalized spacial score (nSPS) is 14.0. The third-order valence-electron chi connectivity index (χ3n) is 9.73. The Morgan fingerprint density at radius 1 is 0.383 bits per heavy atom. The van der Waals surface area contributed by atoms with Crippen LogP contribution >= 0.6 is 16.6 Å². The molecule has 47 heavy (non-hydrogen) atoms. The third-order valence-corrected chi connectivity index (χ3v) is 24.6. The largest absolute Gasteiger partial charge is 0.353 e.